The van der Waals surface area contributed by atoms with Crippen LogP contribution in [0.5, 0.6) is 0 Å². The minimum absolute atomic E-state index is 0.692. The molecule has 0 fully saturated rings. The van der Waals surface area contributed by atoms with Crippen LogP contribution in [0.3, 0.4) is 0 Å². The van der Waals surface area contributed by atoms with E-state index in [0.29, 0.717) is 5.95 Å². The fourth-order valence-electron chi connectivity index (χ4n) is 5.67. The van der Waals surface area contributed by atoms with E-state index in [1.165, 1.54) is 37.4 Å². The number of rotatable bonds is 3. The molecule has 0 spiro atoms. The minimum Gasteiger partial charge on any atom is -0.278 e. The zero-order chi connectivity index (χ0) is 25.9. The molecule has 3 nitrogen and oxygen atoms in total. The first-order chi connectivity index (χ1) is 19.2. The number of hydrogen-bond acceptors (Lipinski definition) is 3. The zero-order valence-electron chi connectivity index (χ0n) is 21.3. The molecule has 5 aromatic carbocycles. The summed E-state index contributed by atoms with van der Waals surface area (Å²) < 4.78 is 3.34. The van der Waals surface area contributed by atoms with Crippen molar-refractivity contribution < 1.29 is 0 Å². The van der Waals surface area contributed by atoms with Gasteiger partial charge in [0.25, 0.3) is 0 Å². The molecule has 0 atom stereocenters. The Kier molecular flexibility index (Phi) is 4.94. The van der Waals surface area contributed by atoms with Crippen molar-refractivity contribution in [2.24, 2.45) is 0 Å². The molecular weight excluding hydrogens is 493 g/mol. The number of benzene rings is 5. The molecule has 0 bridgehead atoms. The van der Waals surface area contributed by atoms with E-state index in [-0.39, 0.29) is 0 Å². The van der Waals surface area contributed by atoms with Crippen molar-refractivity contribution in [1.82, 2.24) is 14.5 Å². The Labute approximate surface area is 230 Å². The smallest absolute Gasteiger partial charge is 0.235 e. The molecule has 0 aliphatic heterocycles. The van der Waals surface area contributed by atoms with Crippen molar-refractivity contribution in [1.29, 1.82) is 0 Å². The van der Waals surface area contributed by atoms with E-state index in [9.17, 15) is 0 Å². The van der Waals surface area contributed by atoms with Gasteiger partial charge in [-0.1, -0.05) is 109 Å². The highest BCUT2D eigenvalue weighted by Gasteiger charge is 2.20. The highest BCUT2D eigenvalue weighted by atomic mass is 32.1. The summed E-state index contributed by atoms with van der Waals surface area (Å²) >= 11 is 1.75. The van der Waals surface area contributed by atoms with Crippen LogP contribution in [0, 0.1) is 0 Å². The average molecular weight is 515 g/mol. The molecule has 0 saturated carbocycles. The number of thiophene rings is 1. The molecular formula is C34H22BN3S. The van der Waals surface area contributed by atoms with Gasteiger partial charge in [0.2, 0.25) is 5.95 Å². The SMILES string of the molecule is Bc1ccc2c(c1)c1c3ccccc3ccc1n2-c1nc(-c2ccccc2)c2sc(-c3ccccc3)cc2n1. The quantitative estimate of drug-likeness (QED) is 0.228. The molecule has 0 aliphatic carbocycles. The van der Waals surface area contributed by atoms with Gasteiger partial charge in [0, 0.05) is 21.2 Å². The molecule has 0 unspecified atom stereocenters. The topological polar surface area (TPSA) is 30.7 Å². The number of nitrogens with zero attached hydrogens (tertiary/aromatic N) is 3. The molecule has 0 aliphatic rings. The zero-order valence-corrected chi connectivity index (χ0v) is 22.1. The summed E-state index contributed by atoms with van der Waals surface area (Å²) in [5.41, 5.74) is 7.68. The third-order valence-corrected chi connectivity index (χ3v) is 8.66. The molecule has 3 heterocycles. The van der Waals surface area contributed by atoms with Crippen LogP contribution in [0.4, 0.5) is 0 Å². The molecule has 8 rings (SSSR count). The van der Waals surface area contributed by atoms with Crippen LogP contribution in [0.1, 0.15) is 0 Å². The van der Waals surface area contributed by atoms with E-state index in [1.807, 2.05) is 6.07 Å². The Morgan fingerprint density at radius 2 is 1.33 bits per heavy atom. The van der Waals surface area contributed by atoms with Crippen molar-refractivity contribution in [3.63, 3.8) is 0 Å². The van der Waals surface area contributed by atoms with Gasteiger partial charge in [-0.2, -0.15) is 0 Å². The Bertz CT molecular complexity index is 2180. The second kappa shape index (κ2) is 8.65. The van der Waals surface area contributed by atoms with Crippen molar-refractivity contribution in [3.8, 4) is 27.6 Å². The Morgan fingerprint density at radius 1 is 0.615 bits per heavy atom. The summed E-state index contributed by atoms with van der Waals surface area (Å²) in [5, 5.41) is 4.95. The van der Waals surface area contributed by atoms with Crippen LogP contribution in [0.25, 0.3) is 70.4 Å². The maximum absolute atomic E-state index is 5.29. The van der Waals surface area contributed by atoms with Crippen molar-refractivity contribution in [2.45, 2.75) is 0 Å². The number of aromatic nitrogens is 3. The largest absolute Gasteiger partial charge is 0.278 e. The molecule has 39 heavy (non-hydrogen) atoms. The van der Waals surface area contributed by atoms with E-state index in [4.69, 9.17) is 9.97 Å². The third kappa shape index (κ3) is 3.51. The summed E-state index contributed by atoms with van der Waals surface area (Å²) in [5.74, 6) is 0.692. The highest BCUT2D eigenvalue weighted by Crippen LogP contribution is 2.40. The Hall–Kier alpha value is -4.74. The maximum Gasteiger partial charge on any atom is 0.235 e. The van der Waals surface area contributed by atoms with Gasteiger partial charge in [-0.15, -0.1) is 11.3 Å². The normalized spacial score (nSPS) is 11.7. The molecule has 5 heteroatoms. The van der Waals surface area contributed by atoms with Crippen LogP contribution >= 0.6 is 11.3 Å². The second-order valence-corrected chi connectivity index (χ2v) is 11.0. The molecule has 0 amide bonds. The molecule has 0 radical (unpaired) electrons. The fourth-order valence-corrected chi connectivity index (χ4v) is 6.79. The van der Waals surface area contributed by atoms with Crippen LogP contribution in [-0.4, -0.2) is 22.4 Å². The lowest BCUT2D eigenvalue weighted by Crippen LogP contribution is -2.04. The van der Waals surface area contributed by atoms with E-state index >= 15 is 0 Å². The van der Waals surface area contributed by atoms with Crippen LogP contribution in [0.15, 0.2) is 121 Å². The lowest BCUT2D eigenvalue weighted by molar-refractivity contribution is 1.02. The van der Waals surface area contributed by atoms with E-state index in [1.54, 1.807) is 11.3 Å². The van der Waals surface area contributed by atoms with E-state index in [2.05, 4.69) is 128 Å². The lowest BCUT2D eigenvalue weighted by Gasteiger charge is -2.10. The third-order valence-electron chi connectivity index (χ3n) is 7.48. The lowest BCUT2D eigenvalue weighted by atomic mass is 9.94. The van der Waals surface area contributed by atoms with Crippen LogP contribution < -0.4 is 5.46 Å². The number of hydrogen-bond donors (Lipinski definition) is 0. The average Bonchev–Trinajstić information content (AvgIpc) is 3.57. The second-order valence-electron chi connectivity index (χ2n) is 9.97. The van der Waals surface area contributed by atoms with Gasteiger partial charge in [0.15, 0.2) is 0 Å². The van der Waals surface area contributed by atoms with Gasteiger partial charge < -0.3 is 0 Å². The Balaban J connectivity index is 1.49. The minimum atomic E-state index is 0.692. The monoisotopic (exact) mass is 515 g/mol. The van der Waals surface area contributed by atoms with Crippen LogP contribution in [0.2, 0.25) is 0 Å². The van der Waals surface area contributed by atoms with Gasteiger partial charge in [0.05, 0.1) is 26.9 Å². The van der Waals surface area contributed by atoms with Crippen molar-refractivity contribution in [2.75, 3.05) is 0 Å². The maximum atomic E-state index is 5.29. The predicted octanol–water partition coefficient (Wildman–Crippen LogP) is 7.53. The molecule has 8 aromatic rings. The summed E-state index contributed by atoms with van der Waals surface area (Å²) in [6.45, 7) is 0. The number of fused-ring (bicyclic) bond motifs is 6. The first kappa shape index (κ1) is 22.3. The summed E-state index contributed by atoms with van der Waals surface area (Å²) in [4.78, 5) is 11.7. The standard InChI is InChI=1S/C34H22BN3S/c35-24-16-18-28-26(19-24)31-25-14-8-7-9-21(25)15-17-29(31)38(28)34-36-27-20-30(22-10-3-1-4-11-22)39-33(27)32(37-34)23-12-5-2-6-13-23/h1-20H,35H2. The van der Waals surface area contributed by atoms with Crippen molar-refractivity contribution in [3.05, 3.63) is 121 Å². The highest BCUT2D eigenvalue weighted by molar-refractivity contribution is 7.22. The van der Waals surface area contributed by atoms with Gasteiger partial charge >= 0.3 is 0 Å². The molecule has 0 saturated heterocycles. The summed E-state index contributed by atoms with van der Waals surface area (Å²) in [6, 6.07) is 42.9. The van der Waals surface area contributed by atoms with Crippen molar-refractivity contribution >= 4 is 67.4 Å². The summed E-state index contributed by atoms with van der Waals surface area (Å²) in [6.07, 6.45) is 0. The van der Waals surface area contributed by atoms with E-state index < -0.39 is 0 Å². The van der Waals surface area contributed by atoms with Crippen LogP contribution in [-0.2, 0) is 0 Å². The van der Waals surface area contributed by atoms with Gasteiger partial charge in [-0.05, 0) is 34.5 Å². The Morgan fingerprint density at radius 3 is 2.15 bits per heavy atom. The molecule has 0 N–H and O–H groups in total. The predicted molar refractivity (Wildman–Crippen MR) is 168 cm³/mol. The van der Waals surface area contributed by atoms with Gasteiger partial charge in [0.1, 0.15) is 7.85 Å². The molecule has 182 valence electrons. The first-order valence-corrected chi connectivity index (χ1v) is 13.9. The van der Waals surface area contributed by atoms with Gasteiger partial charge in [-0.3, -0.25) is 4.57 Å². The fraction of sp³-hybridized carbons (Fsp3) is 0. The summed E-state index contributed by atoms with van der Waals surface area (Å²) in [7, 11) is 2.15. The van der Waals surface area contributed by atoms with E-state index in [0.717, 1.165) is 32.5 Å². The molecule has 3 aromatic heterocycles. The van der Waals surface area contributed by atoms with Gasteiger partial charge in [-0.25, -0.2) is 9.97 Å². The first-order valence-electron chi connectivity index (χ1n) is 13.1.